The topological polar surface area (TPSA) is 134 Å². The average molecular weight is 380 g/mol. The Labute approximate surface area is 157 Å². The van der Waals surface area contributed by atoms with Gasteiger partial charge in [-0.05, 0) is 30.2 Å². The van der Waals surface area contributed by atoms with Gasteiger partial charge in [-0.2, -0.15) is 0 Å². The van der Waals surface area contributed by atoms with Gasteiger partial charge in [0, 0.05) is 0 Å². The average Bonchev–Trinajstić information content (AvgIpc) is 2.67. The third kappa shape index (κ3) is 7.35. The van der Waals surface area contributed by atoms with Crippen molar-refractivity contribution in [3.8, 4) is 5.75 Å². The van der Waals surface area contributed by atoms with Crippen LogP contribution in [-0.2, 0) is 23.9 Å². The molecule has 3 N–H and O–H groups in total. The molecule has 0 saturated carbocycles. The van der Waals surface area contributed by atoms with Crippen molar-refractivity contribution in [3.05, 3.63) is 29.8 Å². The maximum absolute atomic E-state index is 12.0. The summed E-state index contributed by atoms with van der Waals surface area (Å²) in [7, 11) is 1.24. The third-order valence-corrected chi connectivity index (χ3v) is 3.79. The molecule has 0 saturated heterocycles. The number of amides is 2. The minimum absolute atomic E-state index is 0.134. The monoisotopic (exact) mass is 380 g/mol. The lowest BCUT2D eigenvalue weighted by Crippen LogP contribution is -2.47. The number of carbonyl (C=O) groups is 4. The van der Waals surface area contributed by atoms with Crippen LogP contribution in [0.5, 0.6) is 5.75 Å². The Bertz CT molecular complexity index is 673. The van der Waals surface area contributed by atoms with Crippen LogP contribution in [0.2, 0.25) is 0 Å². The molecule has 0 aromatic heterocycles. The fourth-order valence-electron chi connectivity index (χ4n) is 2.07. The van der Waals surface area contributed by atoms with Gasteiger partial charge >= 0.3 is 11.9 Å². The molecule has 0 fully saturated rings. The van der Waals surface area contributed by atoms with Crippen molar-refractivity contribution in [2.75, 3.05) is 20.3 Å². The van der Waals surface area contributed by atoms with E-state index in [9.17, 15) is 19.2 Å². The molecule has 0 aliphatic carbocycles. The molecule has 2 amide bonds. The summed E-state index contributed by atoms with van der Waals surface area (Å²) in [5, 5.41) is 2.51. The highest BCUT2D eigenvalue weighted by Crippen LogP contribution is 2.13. The Morgan fingerprint density at radius 3 is 2.26 bits per heavy atom. The Hall–Kier alpha value is -3.10. The summed E-state index contributed by atoms with van der Waals surface area (Å²) in [5.41, 5.74) is 5.17. The molecule has 1 aromatic rings. The predicted octanol–water partition coefficient (Wildman–Crippen LogP) is 0.411. The van der Waals surface area contributed by atoms with Gasteiger partial charge in [0.25, 0.3) is 11.8 Å². The third-order valence-electron chi connectivity index (χ3n) is 3.79. The Morgan fingerprint density at radius 1 is 1.11 bits per heavy atom. The van der Waals surface area contributed by atoms with Gasteiger partial charge in [0.2, 0.25) is 0 Å². The SMILES string of the molecule is CC[C@@H](C)[C@@H](NC(=O)COC(=O)c1ccc(OCC(N)=O)cc1)C(=O)OC. The van der Waals surface area contributed by atoms with E-state index in [4.69, 9.17) is 15.2 Å². The van der Waals surface area contributed by atoms with Gasteiger partial charge in [0.1, 0.15) is 11.8 Å². The highest BCUT2D eigenvalue weighted by molar-refractivity contribution is 5.92. The summed E-state index contributed by atoms with van der Waals surface area (Å²) in [6.07, 6.45) is 0.657. The van der Waals surface area contributed by atoms with E-state index in [1.807, 2.05) is 6.92 Å². The van der Waals surface area contributed by atoms with Crippen molar-refractivity contribution in [1.29, 1.82) is 0 Å². The maximum Gasteiger partial charge on any atom is 0.338 e. The Kier molecular flexibility index (Phi) is 8.77. The summed E-state index contributed by atoms with van der Waals surface area (Å²) in [5.74, 6) is -2.28. The lowest BCUT2D eigenvalue weighted by molar-refractivity contribution is -0.147. The van der Waals surface area contributed by atoms with Crippen LogP contribution < -0.4 is 15.8 Å². The molecule has 1 aromatic carbocycles. The van der Waals surface area contributed by atoms with Crippen LogP contribution >= 0.6 is 0 Å². The first kappa shape index (κ1) is 21.9. The molecule has 9 heteroatoms. The van der Waals surface area contributed by atoms with E-state index in [1.54, 1.807) is 6.92 Å². The fraction of sp³-hybridized carbons (Fsp3) is 0.444. The molecule has 0 bridgehead atoms. The molecule has 0 unspecified atom stereocenters. The van der Waals surface area contributed by atoms with Gasteiger partial charge in [0.15, 0.2) is 13.2 Å². The zero-order valence-electron chi connectivity index (χ0n) is 15.5. The second kappa shape index (κ2) is 10.8. The van der Waals surface area contributed by atoms with Crippen LogP contribution in [0, 0.1) is 5.92 Å². The molecule has 1 rings (SSSR count). The first-order chi connectivity index (χ1) is 12.8. The number of hydrogen-bond donors (Lipinski definition) is 2. The van der Waals surface area contributed by atoms with Crippen molar-refractivity contribution in [1.82, 2.24) is 5.32 Å². The van der Waals surface area contributed by atoms with Gasteiger partial charge < -0.3 is 25.3 Å². The lowest BCUT2D eigenvalue weighted by atomic mass is 9.99. The second-order valence-corrected chi connectivity index (χ2v) is 5.81. The number of ether oxygens (including phenoxy) is 3. The van der Waals surface area contributed by atoms with E-state index in [0.29, 0.717) is 12.2 Å². The maximum atomic E-state index is 12.0. The van der Waals surface area contributed by atoms with Gasteiger partial charge in [-0.15, -0.1) is 0 Å². The summed E-state index contributed by atoms with van der Waals surface area (Å²) < 4.78 is 14.7. The molecule has 2 atom stereocenters. The summed E-state index contributed by atoms with van der Waals surface area (Å²) in [4.78, 5) is 46.4. The standard InChI is InChI=1S/C18H24N2O7/c1-4-11(2)16(18(24)25-3)20-15(22)10-27-17(23)12-5-7-13(8-6-12)26-9-14(19)21/h5-8,11,16H,4,9-10H2,1-3H3,(H2,19,21)(H,20,22)/t11-,16-/m1/s1. The van der Waals surface area contributed by atoms with Crippen LogP contribution in [0.3, 0.4) is 0 Å². The summed E-state index contributed by atoms with van der Waals surface area (Å²) in [6, 6.07) is 4.97. The zero-order chi connectivity index (χ0) is 20.4. The van der Waals surface area contributed by atoms with Crippen molar-refractivity contribution in [2.24, 2.45) is 11.7 Å². The van der Waals surface area contributed by atoms with E-state index in [0.717, 1.165) is 0 Å². The molecule has 0 spiro atoms. The van der Waals surface area contributed by atoms with Crippen LogP contribution in [0.1, 0.15) is 30.6 Å². The Morgan fingerprint density at radius 2 is 1.74 bits per heavy atom. The second-order valence-electron chi connectivity index (χ2n) is 5.81. The van der Waals surface area contributed by atoms with E-state index in [2.05, 4.69) is 10.1 Å². The number of esters is 2. The molecule has 9 nitrogen and oxygen atoms in total. The van der Waals surface area contributed by atoms with Crippen LogP contribution in [0.15, 0.2) is 24.3 Å². The van der Waals surface area contributed by atoms with Crippen molar-refractivity contribution < 1.29 is 33.4 Å². The zero-order valence-corrected chi connectivity index (χ0v) is 15.5. The molecule has 0 aliphatic heterocycles. The van der Waals surface area contributed by atoms with Gasteiger partial charge in [0.05, 0.1) is 12.7 Å². The number of methoxy groups -OCH3 is 1. The molecular formula is C18H24N2O7. The van der Waals surface area contributed by atoms with Crippen LogP contribution in [0.25, 0.3) is 0 Å². The van der Waals surface area contributed by atoms with Crippen molar-refractivity contribution in [2.45, 2.75) is 26.3 Å². The highest BCUT2D eigenvalue weighted by Gasteiger charge is 2.27. The molecule has 0 radical (unpaired) electrons. The van der Waals surface area contributed by atoms with Crippen molar-refractivity contribution >= 4 is 23.8 Å². The van der Waals surface area contributed by atoms with Gasteiger partial charge in [-0.25, -0.2) is 9.59 Å². The minimum atomic E-state index is -0.812. The number of nitrogens with two attached hydrogens (primary N) is 1. The molecule has 148 valence electrons. The van der Waals surface area contributed by atoms with Gasteiger partial charge in [-0.3, -0.25) is 9.59 Å². The van der Waals surface area contributed by atoms with Crippen molar-refractivity contribution in [3.63, 3.8) is 0 Å². The normalized spacial score (nSPS) is 12.4. The smallest absolute Gasteiger partial charge is 0.338 e. The number of hydrogen-bond acceptors (Lipinski definition) is 7. The lowest BCUT2D eigenvalue weighted by Gasteiger charge is -2.21. The first-order valence-electron chi connectivity index (χ1n) is 8.34. The fourth-order valence-corrected chi connectivity index (χ4v) is 2.07. The number of carbonyl (C=O) groups excluding carboxylic acids is 4. The summed E-state index contributed by atoms with van der Waals surface area (Å²) in [6.45, 7) is 2.86. The molecular weight excluding hydrogens is 356 g/mol. The van der Waals surface area contributed by atoms with E-state index in [-0.39, 0.29) is 18.1 Å². The number of nitrogens with one attached hydrogen (secondary N) is 1. The molecule has 0 aliphatic rings. The van der Waals surface area contributed by atoms with Gasteiger partial charge in [-0.1, -0.05) is 20.3 Å². The Balaban J connectivity index is 2.56. The number of rotatable bonds is 10. The summed E-state index contributed by atoms with van der Waals surface area (Å²) >= 11 is 0. The van der Waals surface area contributed by atoms with Crippen LogP contribution in [0.4, 0.5) is 0 Å². The van der Waals surface area contributed by atoms with E-state index < -0.39 is 36.4 Å². The van der Waals surface area contributed by atoms with E-state index in [1.165, 1.54) is 31.4 Å². The highest BCUT2D eigenvalue weighted by atomic mass is 16.5. The first-order valence-corrected chi connectivity index (χ1v) is 8.34. The quantitative estimate of drug-likeness (QED) is 0.562. The van der Waals surface area contributed by atoms with E-state index >= 15 is 0 Å². The predicted molar refractivity (Wildman–Crippen MR) is 94.8 cm³/mol. The minimum Gasteiger partial charge on any atom is -0.484 e. The molecule has 0 heterocycles. The van der Waals surface area contributed by atoms with Crippen LogP contribution in [-0.4, -0.2) is 50.1 Å². The molecule has 27 heavy (non-hydrogen) atoms. The number of primary amides is 1. The number of benzene rings is 1. The largest absolute Gasteiger partial charge is 0.484 e.